The second-order valence-corrected chi connectivity index (χ2v) is 19.3. The van der Waals surface area contributed by atoms with Crippen LogP contribution in [-0.4, -0.2) is 70.3 Å². The van der Waals surface area contributed by atoms with Crippen molar-refractivity contribution in [3.8, 4) is 28.0 Å². The third kappa shape index (κ3) is 7.89. The fraction of sp³-hybridized carbons (Fsp3) is 0.462. The second kappa shape index (κ2) is 17.4. The molecule has 0 radical (unpaired) electrons. The molecule has 5 aliphatic rings. The van der Waals surface area contributed by atoms with E-state index in [0.717, 1.165) is 167 Å². The highest BCUT2D eigenvalue weighted by Crippen LogP contribution is 2.44. The number of hydrogen-bond acceptors (Lipinski definition) is 11. The van der Waals surface area contributed by atoms with Gasteiger partial charge in [-0.3, -0.25) is 9.59 Å². The lowest BCUT2D eigenvalue weighted by Crippen LogP contribution is -2.31. The van der Waals surface area contributed by atoms with Gasteiger partial charge in [0.2, 0.25) is 11.8 Å². The van der Waals surface area contributed by atoms with Crippen molar-refractivity contribution in [1.82, 2.24) is 34.7 Å². The summed E-state index contributed by atoms with van der Waals surface area (Å²) in [5, 5.41) is 31.5. The number of hydrogen-bond donors (Lipinski definition) is 3. The second-order valence-electron chi connectivity index (χ2n) is 19.3. The van der Waals surface area contributed by atoms with E-state index in [1.807, 2.05) is 44.7 Å². The first-order valence-electron chi connectivity index (χ1n) is 24.1. The summed E-state index contributed by atoms with van der Waals surface area (Å²) in [5.41, 5.74) is 11.9. The number of aryl methyl sites for hydroxylation is 4. The number of anilines is 1. The van der Waals surface area contributed by atoms with Crippen LogP contribution >= 0.6 is 0 Å². The molecule has 4 fully saturated rings. The minimum Gasteiger partial charge on any atom is -0.493 e. The third-order valence-electron chi connectivity index (χ3n) is 14.9. The Hall–Kier alpha value is -6.32. The Labute approximate surface area is 388 Å². The molecular formula is C52H58N8O7. The minimum absolute atomic E-state index is 0.0516. The number of nitrogens with zero attached hydrogens (tertiary/aromatic N) is 7. The Morgan fingerprint density at radius 1 is 0.627 bits per heavy atom. The summed E-state index contributed by atoms with van der Waals surface area (Å²) < 4.78 is 21.2. The summed E-state index contributed by atoms with van der Waals surface area (Å²) in [4.78, 5) is 37.3. The number of nitrogens with one attached hydrogen (secondary N) is 1. The van der Waals surface area contributed by atoms with E-state index in [2.05, 4.69) is 67.2 Å². The van der Waals surface area contributed by atoms with Crippen molar-refractivity contribution in [2.75, 3.05) is 11.5 Å². The van der Waals surface area contributed by atoms with Gasteiger partial charge in [0.15, 0.2) is 0 Å². The SMILES string of the molecule is Cc1noc(C)c1-c1ccc2c(c1)nc([C@@H]1CCC(=O)N1)n2C1CCC(O)CC1.Cc1noc(C)c1-c1ccc2c(c1)nc([C@@H]1CCC(=O)N1c1ccc3c(c1)CCO3)n2C1CCC(O)CC1. The molecule has 67 heavy (non-hydrogen) atoms. The number of imidazole rings is 2. The van der Waals surface area contributed by atoms with E-state index in [4.69, 9.17) is 23.8 Å². The molecule has 3 N–H and O–H groups in total. The highest BCUT2D eigenvalue weighted by atomic mass is 16.5. The van der Waals surface area contributed by atoms with Crippen LogP contribution in [0.1, 0.15) is 141 Å². The predicted molar refractivity (Wildman–Crippen MR) is 252 cm³/mol. The number of ether oxygens (including phenoxy) is 1. The number of carbonyl (C=O) groups is 2. The molecule has 2 saturated heterocycles. The van der Waals surface area contributed by atoms with Crippen molar-refractivity contribution in [2.24, 2.45) is 0 Å². The molecule has 2 aliphatic carbocycles. The number of aliphatic hydroxyl groups excluding tert-OH is 2. The van der Waals surface area contributed by atoms with Gasteiger partial charge < -0.3 is 43.3 Å². The lowest BCUT2D eigenvalue weighted by atomic mass is 9.92. The molecule has 2 atom stereocenters. The standard InChI is InChI=1S/C30H32N4O4.C22H26N4O3/c1-17-29(18(2)38-32-17)20-3-9-25-24(16-20)31-30(34(25)21-4-7-23(35)8-5-21)26-10-12-28(36)33(26)22-6-11-27-19(15-22)13-14-37-27;1-12-21(13(2)29-25-12)14-3-9-19-18(11-14)24-22(17-8-10-20(28)23-17)26(19)15-4-6-16(27)7-5-15/h3,6,9,11,15-16,21,23,26,35H,4-5,7-8,10,12-14H2,1-2H3;3,9,11,15-17,27H,4-8,10H2,1-2H3,(H,23,28)/t21?,23?,26-;15?,16?,17-/m00/s1. The first-order chi connectivity index (χ1) is 32.5. The summed E-state index contributed by atoms with van der Waals surface area (Å²) in [6.07, 6.45) is 9.74. The van der Waals surface area contributed by atoms with Gasteiger partial charge in [-0.05, 0) is 151 Å². The van der Waals surface area contributed by atoms with Gasteiger partial charge in [-0.1, -0.05) is 22.4 Å². The minimum atomic E-state index is -0.242. The van der Waals surface area contributed by atoms with Crippen molar-refractivity contribution in [3.05, 3.63) is 94.7 Å². The number of carbonyl (C=O) groups excluding carboxylic acids is 2. The van der Waals surface area contributed by atoms with Gasteiger partial charge in [0, 0.05) is 48.2 Å². The fourth-order valence-electron chi connectivity index (χ4n) is 11.6. The zero-order chi connectivity index (χ0) is 46.1. The van der Waals surface area contributed by atoms with Gasteiger partial charge >= 0.3 is 0 Å². The molecule has 2 amide bonds. The first kappa shape index (κ1) is 43.3. The average Bonchev–Trinajstić information content (AvgIpc) is 4.21. The summed E-state index contributed by atoms with van der Waals surface area (Å²) >= 11 is 0. The van der Waals surface area contributed by atoms with Crippen LogP contribution in [0, 0.1) is 27.7 Å². The van der Waals surface area contributed by atoms with E-state index >= 15 is 0 Å². The maximum Gasteiger partial charge on any atom is 0.227 e. The zero-order valence-electron chi connectivity index (χ0n) is 38.6. The molecule has 0 bridgehead atoms. The fourth-order valence-corrected chi connectivity index (χ4v) is 11.6. The van der Waals surface area contributed by atoms with Crippen LogP contribution in [0.5, 0.6) is 5.75 Å². The molecule has 15 heteroatoms. The molecule has 3 aliphatic heterocycles. The van der Waals surface area contributed by atoms with E-state index in [9.17, 15) is 19.8 Å². The summed E-state index contributed by atoms with van der Waals surface area (Å²) in [5.74, 6) is 4.58. The van der Waals surface area contributed by atoms with Crippen molar-refractivity contribution < 1.29 is 33.6 Å². The van der Waals surface area contributed by atoms with Gasteiger partial charge in [0.05, 0.1) is 64.4 Å². The molecule has 0 spiro atoms. The molecule has 4 aromatic heterocycles. The monoisotopic (exact) mass is 906 g/mol. The topological polar surface area (TPSA) is 187 Å². The predicted octanol–water partition coefficient (Wildman–Crippen LogP) is 9.32. The van der Waals surface area contributed by atoms with E-state index < -0.39 is 0 Å². The molecule has 7 aromatic rings. The molecular weight excluding hydrogens is 849 g/mol. The maximum absolute atomic E-state index is 13.3. The zero-order valence-corrected chi connectivity index (χ0v) is 38.6. The van der Waals surface area contributed by atoms with Crippen LogP contribution < -0.4 is 15.0 Å². The largest absolute Gasteiger partial charge is 0.493 e. The van der Waals surface area contributed by atoms with Crippen LogP contribution in [0.4, 0.5) is 5.69 Å². The Morgan fingerprint density at radius 3 is 1.73 bits per heavy atom. The normalized spacial score (nSPS) is 24.0. The molecule has 348 valence electrons. The smallest absolute Gasteiger partial charge is 0.227 e. The number of benzene rings is 3. The van der Waals surface area contributed by atoms with Gasteiger partial charge in [-0.2, -0.15) is 0 Å². The van der Waals surface area contributed by atoms with Crippen molar-refractivity contribution in [2.45, 2.75) is 148 Å². The quantitative estimate of drug-likeness (QED) is 0.138. The molecule has 15 nitrogen and oxygen atoms in total. The van der Waals surface area contributed by atoms with Crippen molar-refractivity contribution in [1.29, 1.82) is 0 Å². The van der Waals surface area contributed by atoms with E-state index in [1.165, 1.54) is 0 Å². The Bertz CT molecular complexity index is 2980. The number of amides is 2. The average molecular weight is 907 g/mol. The molecule has 0 unspecified atom stereocenters. The van der Waals surface area contributed by atoms with E-state index in [1.54, 1.807) is 0 Å². The van der Waals surface area contributed by atoms with E-state index in [-0.39, 0.29) is 42.1 Å². The van der Waals surface area contributed by atoms with Gasteiger partial charge in [-0.25, -0.2) is 9.97 Å². The summed E-state index contributed by atoms with van der Waals surface area (Å²) in [6, 6.07) is 19.1. The number of rotatable bonds is 7. The van der Waals surface area contributed by atoms with E-state index in [0.29, 0.717) is 25.5 Å². The maximum atomic E-state index is 13.3. The lowest BCUT2D eigenvalue weighted by molar-refractivity contribution is -0.119. The third-order valence-corrected chi connectivity index (χ3v) is 14.9. The number of aromatic nitrogens is 6. The molecule has 7 heterocycles. The summed E-state index contributed by atoms with van der Waals surface area (Å²) in [7, 11) is 0. The lowest BCUT2D eigenvalue weighted by Gasteiger charge is -2.31. The Kier molecular flexibility index (Phi) is 11.2. The highest BCUT2D eigenvalue weighted by Gasteiger charge is 2.39. The van der Waals surface area contributed by atoms with Crippen LogP contribution in [0.3, 0.4) is 0 Å². The molecule has 12 rings (SSSR count). The molecule has 3 aromatic carbocycles. The van der Waals surface area contributed by atoms with Crippen LogP contribution in [0.2, 0.25) is 0 Å². The van der Waals surface area contributed by atoms with Gasteiger partial charge in [0.1, 0.15) is 28.9 Å². The molecule has 2 saturated carbocycles. The van der Waals surface area contributed by atoms with Gasteiger partial charge in [-0.15, -0.1) is 0 Å². The van der Waals surface area contributed by atoms with Crippen LogP contribution in [-0.2, 0) is 16.0 Å². The first-order valence-corrected chi connectivity index (χ1v) is 24.1. The van der Waals surface area contributed by atoms with Crippen molar-refractivity contribution >= 4 is 39.6 Å². The van der Waals surface area contributed by atoms with Crippen LogP contribution in [0.25, 0.3) is 44.3 Å². The number of aliphatic hydroxyl groups is 2. The van der Waals surface area contributed by atoms with Crippen LogP contribution in [0.15, 0.2) is 63.6 Å². The highest BCUT2D eigenvalue weighted by molar-refractivity contribution is 5.97. The Morgan fingerprint density at radius 2 is 1.19 bits per heavy atom. The Balaban J connectivity index is 0.000000153. The van der Waals surface area contributed by atoms with Gasteiger partial charge in [0.25, 0.3) is 0 Å². The van der Waals surface area contributed by atoms with Crippen molar-refractivity contribution in [3.63, 3.8) is 0 Å². The number of fused-ring (bicyclic) bond motifs is 3. The summed E-state index contributed by atoms with van der Waals surface area (Å²) in [6.45, 7) is 8.44.